The van der Waals surface area contributed by atoms with Crippen molar-refractivity contribution in [1.82, 2.24) is 20.0 Å². The molecular weight excluding hydrogens is 426 g/mol. The first kappa shape index (κ1) is 22.6. The second-order valence-corrected chi connectivity index (χ2v) is 8.81. The van der Waals surface area contributed by atoms with Gasteiger partial charge >= 0.3 is 0 Å². The number of benzene rings is 2. The first-order valence-electron chi connectivity index (χ1n) is 11.2. The van der Waals surface area contributed by atoms with Crippen LogP contribution in [0.15, 0.2) is 29.1 Å². The van der Waals surface area contributed by atoms with E-state index in [9.17, 15) is 9.90 Å². The number of aromatic hydroxyl groups is 1. The van der Waals surface area contributed by atoms with Gasteiger partial charge in [0.1, 0.15) is 5.75 Å². The molecule has 5 N–H and O–H groups in total. The number of nitrogens with one attached hydrogen (secondary N) is 3. The van der Waals surface area contributed by atoms with Crippen LogP contribution >= 0.6 is 11.3 Å². The van der Waals surface area contributed by atoms with Gasteiger partial charge in [-0.15, -0.1) is 11.3 Å². The maximum Gasteiger partial charge on any atom is 0.189 e. The van der Waals surface area contributed by atoms with Gasteiger partial charge in [-0.1, -0.05) is 13.8 Å². The summed E-state index contributed by atoms with van der Waals surface area (Å²) in [6.45, 7) is 10.1. The fraction of sp³-hybridized carbons (Fsp3) is 0.435. The van der Waals surface area contributed by atoms with Crippen molar-refractivity contribution in [2.24, 2.45) is 0 Å². The van der Waals surface area contributed by atoms with E-state index in [2.05, 4.69) is 51.3 Å². The fourth-order valence-corrected chi connectivity index (χ4v) is 5.40. The minimum Gasteiger partial charge on any atom is -0.506 e. The smallest absolute Gasteiger partial charge is 0.189 e. The van der Waals surface area contributed by atoms with Crippen molar-refractivity contribution in [2.45, 2.75) is 20.4 Å². The molecule has 0 aliphatic rings. The third-order valence-corrected chi connectivity index (χ3v) is 7.16. The Labute approximate surface area is 190 Å². The van der Waals surface area contributed by atoms with Crippen molar-refractivity contribution in [1.29, 1.82) is 0 Å². The summed E-state index contributed by atoms with van der Waals surface area (Å²) in [5.41, 5.74) is 2.69. The maximum absolute atomic E-state index is 12.8. The number of H-pyrrole nitrogens is 1. The lowest BCUT2D eigenvalue weighted by Gasteiger charge is -2.18. The SMILES string of the molecule is CCN(CC)CCn1[nH]c2c3c(=O)ccc(O)c3sc3c(NCCNCCO)ccc1c32. The highest BCUT2D eigenvalue weighted by Gasteiger charge is 2.19. The van der Waals surface area contributed by atoms with E-state index in [0.717, 1.165) is 59.5 Å². The van der Waals surface area contributed by atoms with Gasteiger partial charge in [-0.3, -0.25) is 14.6 Å². The van der Waals surface area contributed by atoms with Crippen LogP contribution in [0.2, 0.25) is 0 Å². The van der Waals surface area contributed by atoms with Crippen LogP contribution < -0.4 is 16.1 Å². The predicted molar refractivity (Wildman–Crippen MR) is 133 cm³/mol. The van der Waals surface area contributed by atoms with Crippen LogP contribution in [0.3, 0.4) is 0 Å². The van der Waals surface area contributed by atoms with Gasteiger partial charge in [0.25, 0.3) is 0 Å². The van der Waals surface area contributed by atoms with Crippen molar-refractivity contribution in [3.8, 4) is 5.75 Å². The summed E-state index contributed by atoms with van der Waals surface area (Å²) >= 11 is 1.44. The van der Waals surface area contributed by atoms with Crippen molar-refractivity contribution in [2.75, 3.05) is 51.2 Å². The molecule has 8 nitrogen and oxygen atoms in total. The van der Waals surface area contributed by atoms with E-state index in [1.165, 1.54) is 23.5 Å². The van der Waals surface area contributed by atoms with E-state index >= 15 is 0 Å². The zero-order chi connectivity index (χ0) is 22.7. The van der Waals surface area contributed by atoms with Crippen molar-refractivity contribution >= 4 is 48.2 Å². The Morgan fingerprint density at radius 1 is 1.06 bits per heavy atom. The van der Waals surface area contributed by atoms with Crippen molar-refractivity contribution < 1.29 is 10.2 Å². The summed E-state index contributed by atoms with van der Waals surface area (Å²) in [5, 5.41) is 31.1. The zero-order valence-electron chi connectivity index (χ0n) is 18.6. The largest absolute Gasteiger partial charge is 0.506 e. The number of aromatic amines is 1. The Bertz CT molecular complexity index is 1270. The van der Waals surface area contributed by atoms with E-state index in [0.29, 0.717) is 23.2 Å². The Balaban J connectivity index is 1.84. The van der Waals surface area contributed by atoms with E-state index in [-0.39, 0.29) is 17.8 Å². The summed E-state index contributed by atoms with van der Waals surface area (Å²) in [6.07, 6.45) is 0. The number of hydrogen-bond donors (Lipinski definition) is 5. The van der Waals surface area contributed by atoms with Crippen LogP contribution in [0.25, 0.3) is 31.2 Å². The molecule has 172 valence electrons. The lowest BCUT2D eigenvalue weighted by Crippen LogP contribution is -2.27. The molecule has 4 rings (SSSR count). The maximum atomic E-state index is 12.8. The van der Waals surface area contributed by atoms with Gasteiger partial charge < -0.3 is 25.7 Å². The number of anilines is 1. The quantitative estimate of drug-likeness (QED) is 0.175. The van der Waals surface area contributed by atoms with Crippen LogP contribution in [0.5, 0.6) is 5.75 Å². The normalized spacial score (nSPS) is 12.0. The molecule has 2 heterocycles. The monoisotopic (exact) mass is 457 g/mol. The minimum absolute atomic E-state index is 0.0958. The lowest BCUT2D eigenvalue weighted by molar-refractivity contribution is 0.287. The lowest BCUT2D eigenvalue weighted by atomic mass is 10.1. The van der Waals surface area contributed by atoms with Crippen LogP contribution in [0.4, 0.5) is 5.69 Å². The molecule has 32 heavy (non-hydrogen) atoms. The number of aliphatic hydroxyl groups is 1. The standard InChI is InChI=1S/C23H31N5O3S/c1-3-27(4-2)12-13-28-16-6-5-15(25-10-9-24-11-14-29)22-19(16)21(26-28)20-17(30)7-8-18(31)23(20)32-22/h5-8,24-26,29,31H,3-4,9-14H2,1-2H3. The van der Waals surface area contributed by atoms with E-state index in [1.54, 1.807) is 0 Å². The molecule has 2 aromatic heterocycles. The van der Waals surface area contributed by atoms with Crippen LogP contribution in [-0.4, -0.2) is 70.8 Å². The molecule has 0 unspecified atom stereocenters. The predicted octanol–water partition coefficient (Wildman–Crippen LogP) is 2.74. The zero-order valence-corrected chi connectivity index (χ0v) is 19.4. The second-order valence-electron chi connectivity index (χ2n) is 7.79. The molecule has 2 aromatic carbocycles. The van der Waals surface area contributed by atoms with Crippen LogP contribution in [0.1, 0.15) is 13.8 Å². The highest BCUT2D eigenvalue weighted by Crippen LogP contribution is 2.42. The number of hydrogen-bond acceptors (Lipinski definition) is 7. The Morgan fingerprint density at radius 3 is 2.62 bits per heavy atom. The number of rotatable bonds is 11. The third kappa shape index (κ3) is 4.21. The van der Waals surface area contributed by atoms with E-state index in [1.807, 2.05) is 0 Å². The number of aromatic nitrogens is 2. The van der Waals surface area contributed by atoms with Gasteiger partial charge in [0.05, 0.1) is 44.7 Å². The number of fused-ring (bicyclic) bond motifs is 2. The molecular formula is C23H31N5O3S. The average Bonchev–Trinajstić information content (AvgIpc) is 3.17. The topological polar surface area (TPSA) is 106 Å². The Hall–Kier alpha value is -2.59. The third-order valence-electron chi connectivity index (χ3n) is 5.92. The van der Waals surface area contributed by atoms with Crippen molar-refractivity contribution in [3.05, 3.63) is 34.5 Å². The number of phenolic OH excluding ortho intramolecular Hbond substituents is 1. The molecule has 0 saturated carbocycles. The van der Waals surface area contributed by atoms with Gasteiger partial charge in [-0.2, -0.15) is 0 Å². The average molecular weight is 458 g/mol. The number of aliphatic hydroxyl groups excluding tert-OH is 1. The number of phenols is 1. The van der Waals surface area contributed by atoms with Crippen LogP contribution in [-0.2, 0) is 6.54 Å². The second kappa shape index (κ2) is 9.91. The Morgan fingerprint density at radius 2 is 1.88 bits per heavy atom. The summed E-state index contributed by atoms with van der Waals surface area (Å²) in [4.78, 5) is 15.1. The molecule has 9 heteroatoms. The molecule has 0 radical (unpaired) electrons. The molecule has 0 aliphatic heterocycles. The highest BCUT2D eigenvalue weighted by molar-refractivity contribution is 7.26. The molecule has 0 saturated heterocycles. The van der Waals surface area contributed by atoms with E-state index in [4.69, 9.17) is 5.11 Å². The van der Waals surface area contributed by atoms with Gasteiger partial charge in [0.2, 0.25) is 0 Å². The first-order chi connectivity index (χ1) is 15.6. The molecule has 4 aromatic rings. The highest BCUT2D eigenvalue weighted by atomic mass is 32.1. The fourth-order valence-electron chi connectivity index (χ4n) is 4.16. The van der Waals surface area contributed by atoms with E-state index < -0.39 is 0 Å². The Kier molecular flexibility index (Phi) is 7.00. The molecule has 0 aliphatic carbocycles. The molecule has 0 amide bonds. The molecule has 0 bridgehead atoms. The van der Waals surface area contributed by atoms with Crippen LogP contribution in [0, 0.1) is 0 Å². The van der Waals surface area contributed by atoms with Gasteiger partial charge in [-0.05, 0) is 37.4 Å². The molecule has 0 spiro atoms. The summed E-state index contributed by atoms with van der Waals surface area (Å²) in [7, 11) is 0. The number of nitrogens with zero attached hydrogens (tertiary/aromatic N) is 2. The number of likely N-dealkylation sites (N-methyl/N-ethyl adjacent to an activating group) is 1. The van der Waals surface area contributed by atoms with Gasteiger partial charge in [0.15, 0.2) is 5.43 Å². The van der Waals surface area contributed by atoms with Crippen molar-refractivity contribution in [3.63, 3.8) is 0 Å². The summed E-state index contributed by atoms with van der Waals surface area (Å²) in [5.74, 6) is 0.118. The first-order valence-corrected chi connectivity index (χ1v) is 12.0. The molecule has 0 atom stereocenters. The summed E-state index contributed by atoms with van der Waals surface area (Å²) < 4.78 is 3.71. The van der Waals surface area contributed by atoms with Gasteiger partial charge in [-0.25, -0.2) is 0 Å². The summed E-state index contributed by atoms with van der Waals surface area (Å²) in [6, 6.07) is 7.05. The van der Waals surface area contributed by atoms with Gasteiger partial charge in [0, 0.05) is 31.6 Å². The minimum atomic E-state index is -0.0958. The molecule has 0 fully saturated rings.